The average Bonchev–Trinajstić information content (AvgIpc) is 2.94. The SMILES string of the molecule is O=C(c1ccncc1)N1CCCN(c2ncnc3ccc(Br)cc23)CC1. The van der Waals surface area contributed by atoms with Gasteiger partial charge < -0.3 is 9.80 Å². The maximum Gasteiger partial charge on any atom is 0.254 e. The molecule has 1 amide bonds. The molecule has 1 aromatic carbocycles. The van der Waals surface area contributed by atoms with E-state index in [0.29, 0.717) is 12.1 Å². The molecule has 3 heterocycles. The summed E-state index contributed by atoms with van der Waals surface area (Å²) < 4.78 is 1.00. The summed E-state index contributed by atoms with van der Waals surface area (Å²) in [7, 11) is 0. The Hall–Kier alpha value is -2.54. The zero-order valence-electron chi connectivity index (χ0n) is 14.2. The van der Waals surface area contributed by atoms with Gasteiger partial charge in [-0.25, -0.2) is 9.97 Å². The third kappa shape index (κ3) is 3.39. The number of hydrogen-bond acceptors (Lipinski definition) is 5. The molecule has 0 N–H and O–H groups in total. The van der Waals surface area contributed by atoms with Crippen molar-refractivity contribution in [3.05, 3.63) is 59.1 Å². The number of rotatable bonds is 2. The molecule has 6 nitrogen and oxygen atoms in total. The summed E-state index contributed by atoms with van der Waals surface area (Å²) in [5, 5.41) is 1.02. The molecule has 0 spiro atoms. The predicted molar refractivity (Wildman–Crippen MR) is 104 cm³/mol. The molecule has 0 aliphatic carbocycles. The number of nitrogens with zero attached hydrogens (tertiary/aromatic N) is 5. The summed E-state index contributed by atoms with van der Waals surface area (Å²) in [4.78, 5) is 29.7. The topological polar surface area (TPSA) is 62.2 Å². The average molecular weight is 412 g/mol. The minimum atomic E-state index is 0.0598. The Bertz CT molecular complexity index is 934. The highest BCUT2D eigenvalue weighted by atomic mass is 79.9. The van der Waals surface area contributed by atoms with Gasteiger partial charge in [0.1, 0.15) is 12.1 Å². The van der Waals surface area contributed by atoms with Crippen LogP contribution in [-0.4, -0.2) is 51.9 Å². The van der Waals surface area contributed by atoms with Gasteiger partial charge in [-0.1, -0.05) is 15.9 Å². The molecule has 1 fully saturated rings. The Morgan fingerprint density at radius 3 is 2.69 bits per heavy atom. The van der Waals surface area contributed by atoms with E-state index >= 15 is 0 Å². The van der Waals surface area contributed by atoms with Crippen molar-refractivity contribution in [1.82, 2.24) is 19.9 Å². The predicted octanol–water partition coefficient (Wildman–Crippen LogP) is 3.14. The van der Waals surface area contributed by atoms with E-state index in [4.69, 9.17) is 0 Å². The molecule has 7 heteroatoms. The summed E-state index contributed by atoms with van der Waals surface area (Å²) in [5.74, 6) is 0.985. The summed E-state index contributed by atoms with van der Waals surface area (Å²) in [6, 6.07) is 9.55. The fourth-order valence-electron chi connectivity index (χ4n) is 3.28. The quantitative estimate of drug-likeness (QED) is 0.647. The first kappa shape index (κ1) is 16.9. The van der Waals surface area contributed by atoms with Gasteiger partial charge in [-0.3, -0.25) is 9.78 Å². The van der Waals surface area contributed by atoms with E-state index in [1.54, 1.807) is 30.9 Å². The number of aromatic nitrogens is 3. The van der Waals surface area contributed by atoms with Crippen molar-refractivity contribution < 1.29 is 4.79 Å². The van der Waals surface area contributed by atoms with Gasteiger partial charge in [0.25, 0.3) is 5.91 Å². The second kappa shape index (κ2) is 7.37. The second-order valence-electron chi connectivity index (χ2n) is 6.23. The van der Waals surface area contributed by atoms with Crippen LogP contribution >= 0.6 is 15.9 Å². The minimum Gasteiger partial charge on any atom is -0.354 e. The summed E-state index contributed by atoms with van der Waals surface area (Å²) in [6.07, 6.45) is 5.82. The third-order valence-electron chi connectivity index (χ3n) is 4.59. The van der Waals surface area contributed by atoms with E-state index < -0.39 is 0 Å². The van der Waals surface area contributed by atoms with E-state index in [9.17, 15) is 4.79 Å². The molecule has 4 rings (SSSR count). The standard InChI is InChI=1S/C19H18BrN5O/c20-15-2-3-17-16(12-15)18(23-13-22-17)24-8-1-9-25(11-10-24)19(26)14-4-6-21-7-5-14/h2-7,12-13H,1,8-11H2. The van der Waals surface area contributed by atoms with Gasteiger partial charge in [-0.15, -0.1) is 0 Å². The number of halogens is 1. The van der Waals surface area contributed by atoms with Gasteiger partial charge in [-0.2, -0.15) is 0 Å². The summed E-state index contributed by atoms with van der Waals surface area (Å²) in [5.41, 5.74) is 1.61. The largest absolute Gasteiger partial charge is 0.354 e. The third-order valence-corrected chi connectivity index (χ3v) is 5.08. The zero-order chi connectivity index (χ0) is 17.9. The van der Waals surface area contributed by atoms with Crippen LogP contribution in [0.15, 0.2) is 53.5 Å². The Labute approximate surface area is 160 Å². The molecule has 0 saturated carbocycles. The highest BCUT2D eigenvalue weighted by Gasteiger charge is 2.22. The van der Waals surface area contributed by atoms with Gasteiger partial charge in [0, 0.05) is 54.0 Å². The van der Waals surface area contributed by atoms with Crippen LogP contribution < -0.4 is 4.90 Å². The summed E-state index contributed by atoms with van der Waals surface area (Å²) in [6.45, 7) is 3.01. The molecule has 26 heavy (non-hydrogen) atoms. The molecule has 1 aliphatic heterocycles. The lowest BCUT2D eigenvalue weighted by Gasteiger charge is -2.23. The first-order chi connectivity index (χ1) is 12.7. The highest BCUT2D eigenvalue weighted by molar-refractivity contribution is 9.10. The van der Waals surface area contributed by atoms with Crippen molar-refractivity contribution in [2.75, 3.05) is 31.1 Å². The molecule has 0 atom stereocenters. The Morgan fingerprint density at radius 1 is 1.00 bits per heavy atom. The molecule has 132 valence electrons. The van der Waals surface area contributed by atoms with Crippen LogP contribution in [0.25, 0.3) is 10.9 Å². The monoisotopic (exact) mass is 411 g/mol. The van der Waals surface area contributed by atoms with Crippen LogP contribution in [0.5, 0.6) is 0 Å². The van der Waals surface area contributed by atoms with Gasteiger partial charge >= 0.3 is 0 Å². The molecular weight excluding hydrogens is 394 g/mol. The van der Waals surface area contributed by atoms with Crippen LogP contribution in [0.4, 0.5) is 5.82 Å². The number of anilines is 1. The highest BCUT2D eigenvalue weighted by Crippen LogP contribution is 2.27. The number of amides is 1. The summed E-state index contributed by atoms with van der Waals surface area (Å²) >= 11 is 3.53. The Balaban J connectivity index is 1.56. The fraction of sp³-hybridized carbons (Fsp3) is 0.263. The Kier molecular flexibility index (Phi) is 4.79. The van der Waals surface area contributed by atoms with Gasteiger partial charge in [0.05, 0.1) is 5.52 Å². The maximum absolute atomic E-state index is 12.7. The fourth-order valence-corrected chi connectivity index (χ4v) is 3.64. The molecule has 3 aromatic rings. The van der Waals surface area contributed by atoms with E-state index in [-0.39, 0.29) is 5.91 Å². The van der Waals surface area contributed by atoms with Gasteiger partial charge in [0.2, 0.25) is 0 Å². The van der Waals surface area contributed by atoms with Crippen LogP contribution in [0.3, 0.4) is 0 Å². The van der Waals surface area contributed by atoms with Gasteiger partial charge in [0.15, 0.2) is 0 Å². The minimum absolute atomic E-state index is 0.0598. The lowest BCUT2D eigenvalue weighted by Crippen LogP contribution is -2.35. The molecule has 2 aromatic heterocycles. The van der Waals surface area contributed by atoms with Crippen LogP contribution in [0.2, 0.25) is 0 Å². The normalized spacial score (nSPS) is 15.1. The second-order valence-corrected chi connectivity index (χ2v) is 7.14. The lowest BCUT2D eigenvalue weighted by molar-refractivity contribution is 0.0767. The number of benzene rings is 1. The van der Waals surface area contributed by atoms with Crippen molar-refractivity contribution in [3.63, 3.8) is 0 Å². The van der Waals surface area contributed by atoms with Crippen molar-refractivity contribution in [2.45, 2.75) is 6.42 Å². The Morgan fingerprint density at radius 2 is 1.85 bits per heavy atom. The number of hydrogen-bond donors (Lipinski definition) is 0. The zero-order valence-corrected chi connectivity index (χ0v) is 15.8. The lowest BCUT2D eigenvalue weighted by atomic mass is 10.2. The number of carbonyl (C=O) groups is 1. The van der Waals surface area contributed by atoms with E-state index in [2.05, 4.69) is 41.8 Å². The molecular formula is C19H18BrN5O. The van der Waals surface area contributed by atoms with Crippen molar-refractivity contribution >= 4 is 38.6 Å². The van der Waals surface area contributed by atoms with E-state index in [1.165, 1.54) is 0 Å². The maximum atomic E-state index is 12.7. The van der Waals surface area contributed by atoms with Crippen LogP contribution in [0, 0.1) is 0 Å². The first-order valence-electron chi connectivity index (χ1n) is 8.57. The van der Waals surface area contributed by atoms with Crippen LogP contribution in [-0.2, 0) is 0 Å². The molecule has 1 saturated heterocycles. The first-order valence-corrected chi connectivity index (χ1v) is 9.36. The number of carbonyl (C=O) groups excluding carboxylic acids is 1. The van der Waals surface area contributed by atoms with Gasteiger partial charge in [-0.05, 0) is 36.8 Å². The molecule has 0 radical (unpaired) electrons. The number of fused-ring (bicyclic) bond motifs is 1. The number of pyridine rings is 1. The van der Waals surface area contributed by atoms with E-state index in [1.807, 2.05) is 17.0 Å². The van der Waals surface area contributed by atoms with Crippen molar-refractivity contribution in [3.8, 4) is 0 Å². The molecule has 0 unspecified atom stereocenters. The molecule has 0 bridgehead atoms. The van der Waals surface area contributed by atoms with E-state index in [0.717, 1.165) is 47.2 Å². The van der Waals surface area contributed by atoms with Crippen molar-refractivity contribution in [2.24, 2.45) is 0 Å². The smallest absolute Gasteiger partial charge is 0.254 e. The van der Waals surface area contributed by atoms with Crippen LogP contribution in [0.1, 0.15) is 16.8 Å². The van der Waals surface area contributed by atoms with Crippen molar-refractivity contribution in [1.29, 1.82) is 0 Å². The molecule has 1 aliphatic rings.